The zero-order valence-corrected chi connectivity index (χ0v) is 13.7. The average molecular weight is 361 g/mol. The maximum atomic E-state index is 12.6. The molecular weight excluding hydrogens is 347 g/mol. The molecule has 1 aromatic carbocycles. The van der Waals surface area contributed by atoms with Crippen molar-refractivity contribution < 1.29 is 18.0 Å². The lowest BCUT2D eigenvalue weighted by Gasteiger charge is -2.10. The summed E-state index contributed by atoms with van der Waals surface area (Å²) in [7, 11) is 0. The number of benzene rings is 1. The predicted molar refractivity (Wildman–Crippen MR) is 87.5 cm³/mol. The average Bonchev–Trinajstić information content (AvgIpc) is 3.02. The molecule has 0 fully saturated rings. The van der Waals surface area contributed by atoms with E-state index in [1.54, 1.807) is 13.0 Å². The molecule has 0 aliphatic heterocycles. The van der Waals surface area contributed by atoms with Gasteiger partial charge in [-0.05, 0) is 24.6 Å². The van der Waals surface area contributed by atoms with Crippen molar-refractivity contribution in [3.8, 4) is 0 Å². The number of aryl methyl sites for hydroxylation is 1. The van der Waals surface area contributed by atoms with Crippen LogP contribution in [0.1, 0.15) is 27.3 Å². The number of anilines is 1. The summed E-state index contributed by atoms with van der Waals surface area (Å²) in [5, 5.41) is 6.75. The minimum Gasteiger partial charge on any atom is -0.305 e. The SMILES string of the molecule is Cc1cnc(C(=O)Nc2ccnn2Cc2ccc(C(F)(F)F)cc2)cn1. The molecule has 0 atom stereocenters. The molecule has 2 aromatic heterocycles. The molecule has 2 heterocycles. The standard InChI is InChI=1S/C17H14F3N5O/c1-11-8-22-14(9-21-11)16(26)24-15-6-7-23-25(15)10-12-2-4-13(5-3-12)17(18,19)20/h2-9H,10H2,1H3,(H,24,26). The van der Waals surface area contributed by atoms with Gasteiger partial charge in [0.25, 0.3) is 5.91 Å². The Morgan fingerprint density at radius 3 is 2.46 bits per heavy atom. The maximum absolute atomic E-state index is 12.6. The Morgan fingerprint density at radius 2 is 1.85 bits per heavy atom. The van der Waals surface area contributed by atoms with E-state index in [4.69, 9.17) is 0 Å². The van der Waals surface area contributed by atoms with Gasteiger partial charge in [-0.3, -0.25) is 9.78 Å². The number of rotatable bonds is 4. The number of nitrogens with one attached hydrogen (secondary N) is 1. The Balaban J connectivity index is 1.72. The number of alkyl halides is 3. The summed E-state index contributed by atoms with van der Waals surface area (Å²) in [4.78, 5) is 20.2. The molecule has 3 aromatic rings. The smallest absolute Gasteiger partial charge is 0.305 e. The molecule has 3 rings (SSSR count). The normalized spacial score (nSPS) is 11.4. The molecule has 0 unspecified atom stereocenters. The molecule has 1 N–H and O–H groups in total. The van der Waals surface area contributed by atoms with Crippen LogP contribution < -0.4 is 5.32 Å². The first-order chi connectivity index (χ1) is 12.3. The van der Waals surface area contributed by atoms with Crippen LogP contribution in [0.15, 0.2) is 48.9 Å². The summed E-state index contributed by atoms with van der Waals surface area (Å²) in [6, 6.07) is 6.37. The van der Waals surface area contributed by atoms with Crippen LogP contribution in [-0.2, 0) is 12.7 Å². The number of hydrogen-bond donors (Lipinski definition) is 1. The number of nitrogens with zero attached hydrogens (tertiary/aromatic N) is 4. The number of aromatic nitrogens is 4. The molecule has 0 aliphatic carbocycles. The van der Waals surface area contributed by atoms with Gasteiger partial charge in [0.05, 0.1) is 30.2 Å². The monoisotopic (exact) mass is 361 g/mol. The van der Waals surface area contributed by atoms with Crippen LogP contribution in [0.25, 0.3) is 0 Å². The van der Waals surface area contributed by atoms with Crippen LogP contribution in [0.2, 0.25) is 0 Å². The predicted octanol–water partition coefficient (Wildman–Crippen LogP) is 3.30. The van der Waals surface area contributed by atoms with Crippen molar-refractivity contribution in [2.24, 2.45) is 0 Å². The third-order valence-electron chi connectivity index (χ3n) is 3.59. The zero-order chi connectivity index (χ0) is 18.7. The first kappa shape index (κ1) is 17.6. The van der Waals surface area contributed by atoms with Crippen molar-refractivity contribution in [1.82, 2.24) is 19.7 Å². The fraction of sp³-hybridized carbons (Fsp3) is 0.176. The zero-order valence-electron chi connectivity index (χ0n) is 13.7. The highest BCUT2D eigenvalue weighted by atomic mass is 19.4. The molecule has 0 spiro atoms. The van der Waals surface area contributed by atoms with E-state index in [-0.39, 0.29) is 12.2 Å². The fourth-order valence-corrected chi connectivity index (χ4v) is 2.23. The van der Waals surface area contributed by atoms with E-state index < -0.39 is 17.6 Å². The highest BCUT2D eigenvalue weighted by Gasteiger charge is 2.29. The molecule has 0 bridgehead atoms. The van der Waals surface area contributed by atoms with E-state index in [1.807, 2.05) is 0 Å². The van der Waals surface area contributed by atoms with Gasteiger partial charge >= 0.3 is 6.18 Å². The summed E-state index contributed by atoms with van der Waals surface area (Å²) < 4.78 is 39.3. The molecule has 6 nitrogen and oxygen atoms in total. The number of halogens is 3. The van der Waals surface area contributed by atoms with Gasteiger partial charge in [-0.2, -0.15) is 18.3 Å². The Hall–Kier alpha value is -3.23. The largest absolute Gasteiger partial charge is 0.416 e. The van der Waals surface area contributed by atoms with Crippen molar-refractivity contribution in [3.05, 3.63) is 71.4 Å². The van der Waals surface area contributed by atoms with Gasteiger partial charge in [0.1, 0.15) is 11.5 Å². The second kappa shape index (κ2) is 6.95. The van der Waals surface area contributed by atoms with Crippen molar-refractivity contribution in [2.45, 2.75) is 19.6 Å². The van der Waals surface area contributed by atoms with Crippen LogP contribution in [0.4, 0.5) is 19.0 Å². The number of hydrogen-bond acceptors (Lipinski definition) is 4. The lowest BCUT2D eigenvalue weighted by atomic mass is 10.1. The minimum atomic E-state index is -4.38. The van der Waals surface area contributed by atoms with Crippen molar-refractivity contribution in [3.63, 3.8) is 0 Å². The fourth-order valence-electron chi connectivity index (χ4n) is 2.23. The maximum Gasteiger partial charge on any atom is 0.416 e. The first-order valence-electron chi connectivity index (χ1n) is 7.61. The summed E-state index contributed by atoms with van der Waals surface area (Å²) in [5.74, 6) is -0.0519. The second-order valence-corrected chi connectivity index (χ2v) is 5.57. The van der Waals surface area contributed by atoms with Crippen LogP contribution in [0.3, 0.4) is 0 Å². The van der Waals surface area contributed by atoms with E-state index >= 15 is 0 Å². The van der Waals surface area contributed by atoms with Gasteiger partial charge in [-0.15, -0.1) is 0 Å². The van der Waals surface area contributed by atoms with Crippen molar-refractivity contribution in [2.75, 3.05) is 5.32 Å². The Kier molecular flexibility index (Phi) is 4.70. The van der Waals surface area contributed by atoms with E-state index in [2.05, 4.69) is 20.4 Å². The highest BCUT2D eigenvalue weighted by molar-refractivity contribution is 6.02. The number of amides is 1. The number of carbonyl (C=O) groups excluding carboxylic acids is 1. The van der Waals surface area contributed by atoms with Crippen molar-refractivity contribution >= 4 is 11.7 Å². The van der Waals surface area contributed by atoms with Gasteiger partial charge in [-0.25, -0.2) is 9.67 Å². The molecule has 1 amide bonds. The van der Waals surface area contributed by atoms with E-state index in [0.717, 1.165) is 12.1 Å². The quantitative estimate of drug-likeness (QED) is 0.774. The molecule has 0 saturated heterocycles. The van der Waals surface area contributed by atoms with Crippen LogP contribution >= 0.6 is 0 Å². The molecule has 9 heteroatoms. The molecular formula is C17H14F3N5O. The summed E-state index contributed by atoms with van der Waals surface area (Å²) >= 11 is 0. The summed E-state index contributed by atoms with van der Waals surface area (Å²) in [5.41, 5.74) is 0.743. The minimum absolute atomic E-state index is 0.151. The molecule has 26 heavy (non-hydrogen) atoms. The second-order valence-electron chi connectivity index (χ2n) is 5.57. The Morgan fingerprint density at radius 1 is 1.12 bits per heavy atom. The molecule has 0 saturated carbocycles. The number of carbonyl (C=O) groups is 1. The topological polar surface area (TPSA) is 72.7 Å². The van der Waals surface area contributed by atoms with Gasteiger partial charge in [0, 0.05) is 12.3 Å². The highest BCUT2D eigenvalue weighted by Crippen LogP contribution is 2.29. The van der Waals surface area contributed by atoms with E-state index in [1.165, 1.54) is 35.4 Å². The summed E-state index contributed by atoms with van der Waals surface area (Å²) in [6.45, 7) is 1.97. The third-order valence-corrected chi connectivity index (χ3v) is 3.59. The van der Waals surface area contributed by atoms with Crippen LogP contribution in [0, 0.1) is 6.92 Å². The van der Waals surface area contributed by atoms with Crippen LogP contribution in [-0.4, -0.2) is 25.7 Å². The molecule has 134 valence electrons. The Bertz CT molecular complexity index is 901. The van der Waals surface area contributed by atoms with Gasteiger partial charge < -0.3 is 5.32 Å². The van der Waals surface area contributed by atoms with Gasteiger partial charge in [0.15, 0.2) is 0 Å². The molecule has 0 radical (unpaired) electrons. The lowest BCUT2D eigenvalue weighted by molar-refractivity contribution is -0.137. The Labute approximate surface area is 146 Å². The molecule has 0 aliphatic rings. The third kappa shape index (κ3) is 4.05. The summed E-state index contributed by atoms with van der Waals surface area (Å²) in [6.07, 6.45) is -0.0470. The van der Waals surface area contributed by atoms with Crippen molar-refractivity contribution in [1.29, 1.82) is 0 Å². The van der Waals surface area contributed by atoms with Gasteiger partial charge in [0.2, 0.25) is 0 Å². The lowest BCUT2D eigenvalue weighted by Crippen LogP contribution is -2.17. The van der Waals surface area contributed by atoms with E-state index in [9.17, 15) is 18.0 Å². The van der Waals surface area contributed by atoms with E-state index in [0.29, 0.717) is 17.1 Å². The first-order valence-corrected chi connectivity index (χ1v) is 7.61. The van der Waals surface area contributed by atoms with Crippen LogP contribution in [0.5, 0.6) is 0 Å². The van der Waals surface area contributed by atoms with Gasteiger partial charge in [-0.1, -0.05) is 12.1 Å².